The zero-order chi connectivity index (χ0) is 13.0. The lowest BCUT2D eigenvalue weighted by Crippen LogP contribution is -2.39. The van der Waals surface area contributed by atoms with Gasteiger partial charge in [0, 0.05) is 19.6 Å². The van der Waals surface area contributed by atoms with Crippen LogP contribution in [0.4, 0.5) is 0 Å². The second kappa shape index (κ2) is 5.98. The molecular formula is C14H20N2O2. The molecule has 0 aromatic heterocycles. The van der Waals surface area contributed by atoms with E-state index in [9.17, 15) is 4.79 Å². The van der Waals surface area contributed by atoms with Crippen molar-refractivity contribution in [2.45, 2.75) is 31.9 Å². The number of benzene rings is 1. The van der Waals surface area contributed by atoms with Gasteiger partial charge in [-0.05, 0) is 24.5 Å². The summed E-state index contributed by atoms with van der Waals surface area (Å²) in [6.45, 7) is 3.75. The van der Waals surface area contributed by atoms with Crippen LogP contribution in [0.2, 0.25) is 0 Å². The quantitative estimate of drug-likeness (QED) is 0.737. The normalized spacial score (nSPS) is 20.0. The predicted octanol–water partition coefficient (Wildman–Crippen LogP) is 0.760. The van der Waals surface area contributed by atoms with Gasteiger partial charge in [0.25, 0.3) is 0 Å². The molecule has 0 bridgehead atoms. The Kier molecular flexibility index (Phi) is 4.33. The maximum absolute atomic E-state index is 12.1. The molecule has 0 aliphatic carbocycles. The van der Waals surface area contributed by atoms with E-state index >= 15 is 0 Å². The minimum atomic E-state index is -0.373. The van der Waals surface area contributed by atoms with E-state index in [4.69, 9.17) is 5.11 Å². The maximum atomic E-state index is 12.1. The first kappa shape index (κ1) is 13.1. The number of hydrogen-bond acceptors (Lipinski definition) is 3. The van der Waals surface area contributed by atoms with Crippen molar-refractivity contribution < 1.29 is 9.90 Å². The van der Waals surface area contributed by atoms with E-state index in [1.807, 2.05) is 18.2 Å². The van der Waals surface area contributed by atoms with Crippen LogP contribution in [0.25, 0.3) is 0 Å². The van der Waals surface area contributed by atoms with E-state index in [1.54, 1.807) is 6.92 Å². The SMILES string of the molecule is CC(O)CCNC(=O)C1CNCc2ccccc21. The number of hydrogen-bond donors (Lipinski definition) is 3. The highest BCUT2D eigenvalue weighted by molar-refractivity contribution is 5.84. The minimum Gasteiger partial charge on any atom is -0.393 e. The van der Waals surface area contributed by atoms with Gasteiger partial charge in [0.05, 0.1) is 12.0 Å². The van der Waals surface area contributed by atoms with E-state index in [-0.39, 0.29) is 17.9 Å². The Bertz CT molecular complexity index is 418. The van der Waals surface area contributed by atoms with E-state index in [2.05, 4.69) is 16.7 Å². The third kappa shape index (κ3) is 3.09. The lowest BCUT2D eigenvalue weighted by atomic mass is 9.90. The predicted molar refractivity (Wildman–Crippen MR) is 70.2 cm³/mol. The molecule has 1 amide bonds. The largest absolute Gasteiger partial charge is 0.393 e. The van der Waals surface area contributed by atoms with E-state index in [1.165, 1.54) is 5.56 Å². The van der Waals surface area contributed by atoms with Gasteiger partial charge < -0.3 is 15.7 Å². The van der Waals surface area contributed by atoms with Crippen molar-refractivity contribution >= 4 is 5.91 Å². The van der Waals surface area contributed by atoms with Crippen molar-refractivity contribution in [1.82, 2.24) is 10.6 Å². The average Bonchev–Trinajstić information content (AvgIpc) is 2.37. The lowest BCUT2D eigenvalue weighted by Gasteiger charge is -2.25. The Balaban J connectivity index is 1.99. The van der Waals surface area contributed by atoms with Crippen LogP contribution in [-0.2, 0) is 11.3 Å². The summed E-state index contributed by atoms with van der Waals surface area (Å²) in [5.41, 5.74) is 2.31. The molecule has 0 radical (unpaired) electrons. The summed E-state index contributed by atoms with van der Waals surface area (Å²) in [6, 6.07) is 8.04. The number of aliphatic hydroxyl groups excluding tert-OH is 1. The summed E-state index contributed by atoms with van der Waals surface area (Å²) in [7, 11) is 0. The van der Waals surface area contributed by atoms with Crippen LogP contribution in [-0.4, -0.2) is 30.2 Å². The molecule has 1 aromatic rings. The van der Waals surface area contributed by atoms with Crippen LogP contribution < -0.4 is 10.6 Å². The molecule has 2 unspecified atom stereocenters. The lowest BCUT2D eigenvalue weighted by molar-refractivity contribution is -0.122. The first-order chi connectivity index (χ1) is 8.68. The van der Waals surface area contributed by atoms with Crippen molar-refractivity contribution in [2.24, 2.45) is 0 Å². The van der Waals surface area contributed by atoms with Crippen LogP contribution >= 0.6 is 0 Å². The minimum absolute atomic E-state index is 0.0373. The van der Waals surface area contributed by atoms with E-state index in [0.717, 1.165) is 12.1 Å². The molecule has 4 nitrogen and oxygen atoms in total. The number of rotatable bonds is 4. The fourth-order valence-corrected chi connectivity index (χ4v) is 2.26. The third-order valence-electron chi connectivity index (χ3n) is 3.27. The summed E-state index contributed by atoms with van der Waals surface area (Å²) in [5, 5.41) is 15.3. The molecule has 1 aliphatic rings. The summed E-state index contributed by atoms with van der Waals surface area (Å²) >= 11 is 0. The van der Waals surface area contributed by atoms with Gasteiger partial charge in [-0.15, -0.1) is 0 Å². The smallest absolute Gasteiger partial charge is 0.228 e. The van der Waals surface area contributed by atoms with Gasteiger partial charge in [-0.2, -0.15) is 0 Å². The molecular weight excluding hydrogens is 228 g/mol. The Morgan fingerprint density at radius 1 is 1.56 bits per heavy atom. The van der Waals surface area contributed by atoms with E-state index < -0.39 is 0 Å². The fourth-order valence-electron chi connectivity index (χ4n) is 2.26. The summed E-state index contributed by atoms with van der Waals surface area (Å²) in [6.07, 6.45) is 0.218. The van der Waals surface area contributed by atoms with Crippen molar-refractivity contribution in [3.63, 3.8) is 0 Å². The molecule has 3 N–H and O–H groups in total. The second-order valence-corrected chi connectivity index (χ2v) is 4.81. The van der Waals surface area contributed by atoms with Crippen molar-refractivity contribution in [1.29, 1.82) is 0 Å². The molecule has 1 aromatic carbocycles. The average molecular weight is 248 g/mol. The second-order valence-electron chi connectivity index (χ2n) is 4.81. The van der Waals surface area contributed by atoms with Gasteiger partial charge in [0.1, 0.15) is 0 Å². The monoisotopic (exact) mass is 248 g/mol. The molecule has 0 spiro atoms. The van der Waals surface area contributed by atoms with Crippen LogP contribution in [0.15, 0.2) is 24.3 Å². The van der Waals surface area contributed by atoms with Crippen molar-refractivity contribution in [2.75, 3.05) is 13.1 Å². The molecule has 98 valence electrons. The number of amides is 1. The van der Waals surface area contributed by atoms with Crippen molar-refractivity contribution in [3.05, 3.63) is 35.4 Å². The van der Waals surface area contributed by atoms with Gasteiger partial charge in [0.2, 0.25) is 5.91 Å². The van der Waals surface area contributed by atoms with Crippen LogP contribution in [0.1, 0.15) is 30.4 Å². The Hall–Kier alpha value is -1.39. The Morgan fingerprint density at radius 3 is 3.11 bits per heavy atom. The highest BCUT2D eigenvalue weighted by Gasteiger charge is 2.25. The number of nitrogens with one attached hydrogen (secondary N) is 2. The Morgan fingerprint density at radius 2 is 2.33 bits per heavy atom. The van der Waals surface area contributed by atoms with Crippen LogP contribution in [0.3, 0.4) is 0 Å². The van der Waals surface area contributed by atoms with Crippen LogP contribution in [0, 0.1) is 0 Å². The number of carbonyl (C=O) groups excluding carboxylic acids is 1. The standard InChI is InChI=1S/C14H20N2O2/c1-10(17)6-7-16-14(18)13-9-15-8-11-4-2-3-5-12(11)13/h2-5,10,13,15,17H,6-9H2,1H3,(H,16,18). The molecule has 1 heterocycles. The molecule has 0 saturated carbocycles. The molecule has 2 atom stereocenters. The molecule has 18 heavy (non-hydrogen) atoms. The molecule has 1 aliphatic heterocycles. The van der Waals surface area contributed by atoms with Gasteiger partial charge >= 0.3 is 0 Å². The highest BCUT2D eigenvalue weighted by atomic mass is 16.3. The number of fused-ring (bicyclic) bond motifs is 1. The van der Waals surface area contributed by atoms with Gasteiger partial charge in [-0.25, -0.2) is 0 Å². The third-order valence-corrected chi connectivity index (χ3v) is 3.27. The molecule has 0 saturated heterocycles. The molecule has 0 fully saturated rings. The maximum Gasteiger partial charge on any atom is 0.228 e. The first-order valence-electron chi connectivity index (χ1n) is 6.43. The molecule has 2 rings (SSSR count). The van der Waals surface area contributed by atoms with Gasteiger partial charge in [-0.3, -0.25) is 4.79 Å². The zero-order valence-electron chi connectivity index (χ0n) is 10.6. The number of aliphatic hydroxyl groups is 1. The fraction of sp³-hybridized carbons (Fsp3) is 0.500. The summed E-state index contributed by atoms with van der Waals surface area (Å²) in [5.74, 6) is -0.0840. The van der Waals surface area contributed by atoms with Crippen LogP contribution in [0.5, 0.6) is 0 Å². The topological polar surface area (TPSA) is 61.4 Å². The van der Waals surface area contributed by atoms with Gasteiger partial charge in [-0.1, -0.05) is 24.3 Å². The van der Waals surface area contributed by atoms with Crippen molar-refractivity contribution in [3.8, 4) is 0 Å². The number of carbonyl (C=O) groups is 1. The van der Waals surface area contributed by atoms with Gasteiger partial charge in [0.15, 0.2) is 0 Å². The zero-order valence-corrected chi connectivity index (χ0v) is 10.6. The summed E-state index contributed by atoms with van der Waals surface area (Å²) in [4.78, 5) is 12.1. The van der Waals surface area contributed by atoms with E-state index in [0.29, 0.717) is 19.5 Å². The highest BCUT2D eigenvalue weighted by Crippen LogP contribution is 2.23. The Labute approximate surface area is 107 Å². The summed E-state index contributed by atoms with van der Waals surface area (Å²) < 4.78 is 0. The first-order valence-corrected chi connectivity index (χ1v) is 6.43. The molecule has 4 heteroatoms.